The van der Waals surface area contributed by atoms with E-state index in [0.717, 1.165) is 0 Å². The molecule has 2 nitrogen and oxygen atoms in total. The normalized spacial score (nSPS) is 11.0. The van der Waals surface area contributed by atoms with Gasteiger partial charge in [-0.25, -0.2) is 0 Å². The predicted molar refractivity (Wildman–Crippen MR) is 41.2 cm³/mol. The quantitative estimate of drug-likeness (QED) is 0.567. The summed E-state index contributed by atoms with van der Waals surface area (Å²) in [5, 5.41) is 0. The van der Waals surface area contributed by atoms with Gasteiger partial charge in [0, 0.05) is 18.1 Å². The zero-order chi connectivity index (χ0) is 7.14. The fraction of sp³-hybridized carbons (Fsp3) is 0.250. The average Bonchev–Trinajstić information content (AvgIpc) is 2.41. The van der Waals surface area contributed by atoms with Gasteiger partial charge in [0.15, 0.2) is 0 Å². The molecule has 0 saturated carbocycles. The highest BCUT2D eigenvalue weighted by molar-refractivity contribution is 5.49. The predicted octanol–water partition coefficient (Wildman–Crippen LogP) is 1.88. The lowest BCUT2D eigenvalue weighted by atomic mass is 10.4. The highest BCUT2D eigenvalue weighted by atomic mass is 15.0. The van der Waals surface area contributed by atoms with Crippen molar-refractivity contribution >= 4 is 5.65 Å². The van der Waals surface area contributed by atoms with Crippen molar-refractivity contribution in [2.75, 3.05) is 0 Å². The molecule has 0 atom stereocenters. The Labute approximate surface area is 59.5 Å². The van der Waals surface area contributed by atoms with E-state index in [0.29, 0.717) is 0 Å². The maximum Gasteiger partial charge on any atom is 0.117 e. The van der Waals surface area contributed by atoms with Crippen LogP contribution in [-0.2, 0) is 0 Å². The molecule has 2 aromatic rings. The summed E-state index contributed by atoms with van der Waals surface area (Å²) in [6.07, 6.45) is 4.10. The summed E-state index contributed by atoms with van der Waals surface area (Å²) < 4.78 is 2.15. The lowest BCUT2D eigenvalue weighted by Crippen LogP contribution is -1.77. The summed E-state index contributed by atoms with van der Waals surface area (Å²) in [4.78, 5) is 3.20. The van der Waals surface area contributed by atoms with Gasteiger partial charge in [0.2, 0.25) is 0 Å². The van der Waals surface area contributed by atoms with Crippen LogP contribution < -0.4 is 0 Å². The average molecular weight is 134 g/mol. The monoisotopic (exact) mass is 134 g/mol. The van der Waals surface area contributed by atoms with Crippen molar-refractivity contribution in [1.29, 1.82) is 0 Å². The number of aryl methyl sites for hydroxylation is 2. The zero-order valence-corrected chi connectivity index (χ0v) is 6.18. The Balaban J connectivity index is 2.95. The summed E-state index contributed by atoms with van der Waals surface area (Å²) in [6.45, 7) is 4.19. The number of rotatable bonds is 0. The first kappa shape index (κ1) is 5.59. The van der Waals surface area contributed by atoms with Crippen LogP contribution >= 0.6 is 0 Å². The van der Waals surface area contributed by atoms with Crippen LogP contribution in [-0.4, -0.2) is 9.38 Å². The van der Waals surface area contributed by atoms with E-state index in [2.05, 4.69) is 35.5 Å². The molecule has 2 heteroatoms. The number of nitrogens with one attached hydrogen (secondary N) is 1. The maximum atomic E-state index is 3.20. The van der Waals surface area contributed by atoms with Crippen molar-refractivity contribution in [2.24, 2.45) is 0 Å². The Morgan fingerprint density at radius 2 is 2.20 bits per heavy atom. The lowest BCUT2D eigenvalue weighted by molar-refractivity contribution is 1.13. The summed E-state index contributed by atoms with van der Waals surface area (Å²) in [5.41, 5.74) is 3.76. The van der Waals surface area contributed by atoms with Crippen molar-refractivity contribution in [2.45, 2.75) is 13.8 Å². The van der Waals surface area contributed by atoms with Crippen LogP contribution in [0.3, 0.4) is 0 Å². The van der Waals surface area contributed by atoms with E-state index in [1.807, 2.05) is 6.20 Å². The van der Waals surface area contributed by atoms with E-state index in [-0.39, 0.29) is 0 Å². The molecule has 0 bridgehead atoms. The molecule has 1 N–H and O–H groups in total. The van der Waals surface area contributed by atoms with E-state index in [1.165, 1.54) is 16.9 Å². The van der Waals surface area contributed by atoms with Gasteiger partial charge >= 0.3 is 0 Å². The largest absolute Gasteiger partial charge is 0.346 e. The summed E-state index contributed by atoms with van der Waals surface area (Å²) in [6, 6.07) is 2.11. The van der Waals surface area contributed by atoms with Crippen LogP contribution in [0.2, 0.25) is 0 Å². The Bertz CT molecular complexity index is 318. The molecule has 0 aromatic carbocycles. The van der Waals surface area contributed by atoms with Gasteiger partial charge < -0.3 is 9.38 Å². The van der Waals surface area contributed by atoms with Crippen LogP contribution in [0.25, 0.3) is 5.65 Å². The van der Waals surface area contributed by atoms with Crippen LogP contribution in [0.15, 0.2) is 18.5 Å². The van der Waals surface area contributed by atoms with Gasteiger partial charge in [-0.05, 0) is 25.5 Å². The third-order valence-electron chi connectivity index (χ3n) is 1.89. The molecule has 2 rings (SSSR count). The second-order valence-corrected chi connectivity index (χ2v) is 2.65. The van der Waals surface area contributed by atoms with Gasteiger partial charge in [0.05, 0.1) is 0 Å². The number of H-pyrrole nitrogens is 1. The number of aromatic nitrogens is 2. The molecule has 0 saturated heterocycles. The fourth-order valence-corrected chi connectivity index (χ4v) is 1.25. The molecule has 2 heterocycles. The lowest BCUT2D eigenvalue weighted by Gasteiger charge is -1.85. The van der Waals surface area contributed by atoms with Crippen LogP contribution in [0.1, 0.15) is 11.3 Å². The van der Waals surface area contributed by atoms with E-state index < -0.39 is 0 Å². The standard InChI is InChI=1S/C8H10N2/c1-6-3-4-10-7(2)5-9-8(6)10/h3-5,9H,1-2H3. The van der Waals surface area contributed by atoms with Crippen molar-refractivity contribution in [3.63, 3.8) is 0 Å². The Kier molecular flexibility index (Phi) is 0.926. The van der Waals surface area contributed by atoms with E-state index in [1.54, 1.807) is 0 Å². The molecular weight excluding hydrogens is 124 g/mol. The zero-order valence-electron chi connectivity index (χ0n) is 6.18. The first-order valence-corrected chi connectivity index (χ1v) is 3.40. The van der Waals surface area contributed by atoms with E-state index in [4.69, 9.17) is 0 Å². The Hall–Kier alpha value is -1.18. The number of aromatic amines is 1. The number of imidazole rings is 1. The molecule has 0 aliphatic rings. The highest BCUT2D eigenvalue weighted by Gasteiger charge is 1.99. The third kappa shape index (κ3) is 0.533. The molecule has 52 valence electrons. The van der Waals surface area contributed by atoms with Gasteiger partial charge in [0.25, 0.3) is 0 Å². The molecular formula is C8H10N2. The second-order valence-electron chi connectivity index (χ2n) is 2.65. The SMILES string of the molecule is Cc1ccn2c(C)c[nH]c12. The number of hydrogen-bond donors (Lipinski definition) is 1. The molecule has 0 radical (unpaired) electrons. The topological polar surface area (TPSA) is 20.2 Å². The summed E-state index contributed by atoms with van der Waals surface area (Å²) >= 11 is 0. The smallest absolute Gasteiger partial charge is 0.117 e. The van der Waals surface area contributed by atoms with Crippen LogP contribution in [0.4, 0.5) is 0 Å². The molecule has 0 aliphatic carbocycles. The van der Waals surface area contributed by atoms with E-state index >= 15 is 0 Å². The Morgan fingerprint density at radius 3 is 2.90 bits per heavy atom. The maximum absolute atomic E-state index is 3.20. The van der Waals surface area contributed by atoms with E-state index in [9.17, 15) is 0 Å². The molecule has 10 heavy (non-hydrogen) atoms. The van der Waals surface area contributed by atoms with Crippen molar-refractivity contribution in [1.82, 2.24) is 9.38 Å². The second kappa shape index (κ2) is 1.66. The molecule has 2 aromatic heterocycles. The highest BCUT2D eigenvalue weighted by Crippen LogP contribution is 2.10. The summed E-state index contributed by atoms with van der Waals surface area (Å²) in [5.74, 6) is 0. The van der Waals surface area contributed by atoms with Gasteiger partial charge in [-0.1, -0.05) is 0 Å². The van der Waals surface area contributed by atoms with Gasteiger partial charge in [-0.15, -0.1) is 0 Å². The minimum absolute atomic E-state index is 1.21. The van der Waals surface area contributed by atoms with Crippen molar-refractivity contribution < 1.29 is 0 Å². The summed E-state index contributed by atoms with van der Waals surface area (Å²) in [7, 11) is 0. The molecule has 0 amide bonds. The molecule has 0 aliphatic heterocycles. The fourth-order valence-electron chi connectivity index (χ4n) is 1.25. The first-order valence-electron chi connectivity index (χ1n) is 3.40. The van der Waals surface area contributed by atoms with Gasteiger partial charge in [-0.3, -0.25) is 0 Å². The van der Waals surface area contributed by atoms with Gasteiger partial charge in [0.1, 0.15) is 5.65 Å². The minimum Gasteiger partial charge on any atom is -0.346 e. The molecule has 0 fully saturated rings. The minimum atomic E-state index is 1.21. The van der Waals surface area contributed by atoms with Crippen LogP contribution in [0.5, 0.6) is 0 Å². The van der Waals surface area contributed by atoms with Gasteiger partial charge in [-0.2, -0.15) is 0 Å². The number of fused-ring (bicyclic) bond motifs is 1. The number of hydrogen-bond acceptors (Lipinski definition) is 0. The molecule has 0 spiro atoms. The van der Waals surface area contributed by atoms with Crippen molar-refractivity contribution in [3.8, 4) is 0 Å². The third-order valence-corrected chi connectivity index (χ3v) is 1.89. The molecule has 0 unspecified atom stereocenters. The first-order chi connectivity index (χ1) is 4.79. The van der Waals surface area contributed by atoms with Crippen molar-refractivity contribution in [3.05, 3.63) is 29.7 Å². The van der Waals surface area contributed by atoms with Crippen LogP contribution in [0, 0.1) is 13.8 Å². The number of nitrogens with zero attached hydrogens (tertiary/aromatic N) is 1. The Morgan fingerprint density at radius 1 is 1.40 bits per heavy atom.